The molecule has 1 aliphatic rings. The number of fused-ring (bicyclic) bond motifs is 3. The van der Waals surface area contributed by atoms with Crippen molar-refractivity contribution in [2.45, 2.75) is 20.3 Å². The van der Waals surface area contributed by atoms with Crippen molar-refractivity contribution in [2.24, 2.45) is 0 Å². The van der Waals surface area contributed by atoms with E-state index >= 15 is 0 Å². The van der Waals surface area contributed by atoms with Crippen LogP contribution in [0.2, 0.25) is 0 Å². The maximum absolute atomic E-state index is 12.8. The molecule has 1 amide bonds. The van der Waals surface area contributed by atoms with Gasteiger partial charge in [0.25, 0.3) is 5.91 Å². The number of thiophene rings is 1. The van der Waals surface area contributed by atoms with Gasteiger partial charge in [-0.1, -0.05) is 42.5 Å². The second-order valence-electron chi connectivity index (χ2n) is 6.44. The van der Waals surface area contributed by atoms with E-state index in [1.165, 1.54) is 16.9 Å². The van der Waals surface area contributed by atoms with Crippen LogP contribution in [-0.2, 0) is 11.2 Å². The average molecular weight is 377 g/mol. The number of amides is 1. The van der Waals surface area contributed by atoms with Crippen molar-refractivity contribution in [1.82, 2.24) is 0 Å². The Labute approximate surface area is 161 Å². The molecule has 0 radical (unpaired) electrons. The first-order valence-electron chi connectivity index (χ1n) is 8.88. The number of hydrogen-bond acceptors (Lipinski definition) is 4. The highest BCUT2D eigenvalue weighted by Crippen LogP contribution is 2.47. The Balaban J connectivity index is 1.76. The molecule has 4 nitrogen and oxygen atoms in total. The summed E-state index contributed by atoms with van der Waals surface area (Å²) in [7, 11) is 0. The normalized spacial score (nSPS) is 11.6. The molecule has 1 N–H and O–H groups in total. The van der Waals surface area contributed by atoms with E-state index < -0.39 is 0 Å². The van der Waals surface area contributed by atoms with Gasteiger partial charge >= 0.3 is 5.97 Å². The summed E-state index contributed by atoms with van der Waals surface area (Å²) in [6, 6.07) is 15.5. The number of hydrogen-bond donors (Lipinski definition) is 1. The summed E-state index contributed by atoms with van der Waals surface area (Å²) in [4.78, 5) is 26.5. The van der Waals surface area contributed by atoms with Crippen molar-refractivity contribution in [3.05, 3.63) is 76.3 Å². The highest BCUT2D eigenvalue weighted by Gasteiger charge is 2.31. The third kappa shape index (κ3) is 3.04. The van der Waals surface area contributed by atoms with Crippen LogP contribution < -0.4 is 5.32 Å². The number of ether oxygens (including phenoxy) is 1. The molecular formula is C22H19NO3S. The van der Waals surface area contributed by atoms with Crippen LogP contribution in [0.15, 0.2) is 48.5 Å². The van der Waals surface area contributed by atoms with Gasteiger partial charge in [0, 0.05) is 16.9 Å². The molecule has 0 atom stereocenters. The first-order valence-corrected chi connectivity index (χ1v) is 9.69. The third-order valence-corrected chi connectivity index (χ3v) is 5.91. The molecule has 136 valence electrons. The fourth-order valence-corrected chi connectivity index (χ4v) is 4.71. The zero-order valence-electron chi connectivity index (χ0n) is 15.2. The van der Waals surface area contributed by atoms with Crippen molar-refractivity contribution in [3.63, 3.8) is 0 Å². The van der Waals surface area contributed by atoms with E-state index in [2.05, 4.69) is 17.4 Å². The van der Waals surface area contributed by atoms with Gasteiger partial charge in [0.15, 0.2) is 0 Å². The SMILES string of the molecule is CCOC(=O)c1c(NC(=O)c2ccccc2C)sc2c1Cc1ccccc1-2. The Kier molecular flexibility index (Phi) is 4.54. The molecule has 0 fully saturated rings. The predicted molar refractivity (Wildman–Crippen MR) is 108 cm³/mol. The van der Waals surface area contributed by atoms with Crippen LogP contribution >= 0.6 is 11.3 Å². The van der Waals surface area contributed by atoms with Crippen LogP contribution in [-0.4, -0.2) is 18.5 Å². The van der Waals surface area contributed by atoms with Crippen LogP contribution in [0.5, 0.6) is 0 Å². The molecule has 0 saturated carbocycles. The number of carbonyl (C=O) groups excluding carboxylic acids is 2. The molecule has 0 aliphatic heterocycles. The van der Waals surface area contributed by atoms with E-state index in [9.17, 15) is 9.59 Å². The lowest BCUT2D eigenvalue weighted by Gasteiger charge is -2.09. The molecule has 27 heavy (non-hydrogen) atoms. The van der Waals surface area contributed by atoms with Crippen molar-refractivity contribution < 1.29 is 14.3 Å². The second kappa shape index (κ2) is 7.00. The van der Waals surface area contributed by atoms with Gasteiger partial charge in [0.1, 0.15) is 5.00 Å². The van der Waals surface area contributed by atoms with Gasteiger partial charge in [-0.15, -0.1) is 11.3 Å². The molecule has 0 bridgehead atoms. The summed E-state index contributed by atoms with van der Waals surface area (Å²) in [5, 5.41) is 3.50. The van der Waals surface area contributed by atoms with E-state index in [0.717, 1.165) is 21.6 Å². The zero-order chi connectivity index (χ0) is 19.0. The Morgan fingerprint density at radius 2 is 1.85 bits per heavy atom. The number of benzene rings is 2. The molecule has 4 rings (SSSR count). The topological polar surface area (TPSA) is 55.4 Å². The Bertz CT molecular complexity index is 1050. The summed E-state index contributed by atoms with van der Waals surface area (Å²) in [5.74, 6) is -0.602. The standard InChI is InChI=1S/C22H19NO3S/c1-3-26-22(25)18-17-12-14-9-5-7-11-16(14)19(17)27-21(18)23-20(24)15-10-6-4-8-13(15)2/h4-11H,3,12H2,1-2H3,(H,23,24). The molecule has 0 spiro atoms. The fourth-order valence-electron chi connectivity index (χ4n) is 3.44. The van der Waals surface area contributed by atoms with Gasteiger partial charge in [0.2, 0.25) is 0 Å². The lowest BCUT2D eigenvalue weighted by Crippen LogP contribution is -2.16. The summed E-state index contributed by atoms with van der Waals surface area (Å²) >= 11 is 1.44. The van der Waals surface area contributed by atoms with E-state index in [0.29, 0.717) is 29.2 Å². The Morgan fingerprint density at radius 1 is 1.11 bits per heavy atom. The summed E-state index contributed by atoms with van der Waals surface area (Å²) in [5.41, 5.74) is 5.23. The lowest BCUT2D eigenvalue weighted by atomic mass is 10.1. The zero-order valence-corrected chi connectivity index (χ0v) is 16.0. The number of aryl methyl sites for hydroxylation is 1. The molecule has 2 aromatic carbocycles. The van der Waals surface area contributed by atoms with Crippen LogP contribution in [0, 0.1) is 6.92 Å². The summed E-state index contributed by atoms with van der Waals surface area (Å²) < 4.78 is 5.28. The first-order chi connectivity index (χ1) is 13.1. The van der Waals surface area contributed by atoms with Gasteiger partial charge < -0.3 is 10.1 Å². The van der Waals surface area contributed by atoms with Crippen LogP contribution in [0.3, 0.4) is 0 Å². The smallest absolute Gasteiger partial charge is 0.341 e. The first kappa shape index (κ1) is 17.5. The lowest BCUT2D eigenvalue weighted by molar-refractivity contribution is 0.0527. The fraction of sp³-hybridized carbons (Fsp3) is 0.182. The monoisotopic (exact) mass is 377 g/mol. The van der Waals surface area contributed by atoms with Crippen LogP contribution in [0.25, 0.3) is 10.4 Å². The minimum atomic E-state index is -0.386. The Hall–Kier alpha value is -2.92. The van der Waals surface area contributed by atoms with Crippen molar-refractivity contribution in [1.29, 1.82) is 0 Å². The molecule has 1 aromatic heterocycles. The highest BCUT2D eigenvalue weighted by molar-refractivity contribution is 7.20. The third-order valence-electron chi connectivity index (χ3n) is 4.73. The molecule has 5 heteroatoms. The predicted octanol–water partition coefficient (Wildman–Crippen LogP) is 5.06. The number of rotatable bonds is 4. The summed E-state index contributed by atoms with van der Waals surface area (Å²) in [6.07, 6.45) is 0.677. The van der Waals surface area contributed by atoms with E-state index in [4.69, 9.17) is 4.74 Å². The van der Waals surface area contributed by atoms with Gasteiger partial charge in [0.05, 0.1) is 12.2 Å². The number of nitrogens with one attached hydrogen (secondary N) is 1. The van der Waals surface area contributed by atoms with Gasteiger partial charge in [-0.2, -0.15) is 0 Å². The summed E-state index contributed by atoms with van der Waals surface area (Å²) in [6.45, 7) is 3.97. The minimum absolute atomic E-state index is 0.216. The molecule has 1 heterocycles. The van der Waals surface area contributed by atoms with E-state index in [1.807, 2.05) is 37.3 Å². The highest BCUT2D eigenvalue weighted by atomic mass is 32.1. The van der Waals surface area contributed by atoms with Crippen LogP contribution in [0.1, 0.15) is 44.3 Å². The van der Waals surface area contributed by atoms with Gasteiger partial charge in [-0.25, -0.2) is 4.79 Å². The number of carbonyl (C=O) groups is 2. The molecular weight excluding hydrogens is 358 g/mol. The maximum Gasteiger partial charge on any atom is 0.341 e. The minimum Gasteiger partial charge on any atom is -0.462 e. The largest absolute Gasteiger partial charge is 0.462 e. The van der Waals surface area contributed by atoms with Gasteiger partial charge in [-0.3, -0.25) is 4.79 Å². The Morgan fingerprint density at radius 3 is 2.63 bits per heavy atom. The van der Waals surface area contributed by atoms with E-state index in [-0.39, 0.29) is 11.9 Å². The maximum atomic E-state index is 12.8. The van der Waals surface area contributed by atoms with E-state index in [1.54, 1.807) is 13.0 Å². The van der Waals surface area contributed by atoms with Crippen molar-refractivity contribution >= 4 is 28.2 Å². The average Bonchev–Trinajstić information content (AvgIpc) is 3.17. The van der Waals surface area contributed by atoms with Crippen molar-refractivity contribution in [3.8, 4) is 10.4 Å². The molecule has 3 aromatic rings. The quantitative estimate of drug-likeness (QED) is 0.506. The number of esters is 1. The van der Waals surface area contributed by atoms with Gasteiger partial charge in [-0.05, 0) is 42.2 Å². The molecule has 0 saturated heterocycles. The number of anilines is 1. The van der Waals surface area contributed by atoms with Crippen molar-refractivity contribution in [2.75, 3.05) is 11.9 Å². The second-order valence-corrected chi connectivity index (χ2v) is 7.46. The molecule has 0 unspecified atom stereocenters. The van der Waals surface area contributed by atoms with Crippen LogP contribution in [0.4, 0.5) is 5.00 Å². The molecule has 1 aliphatic carbocycles.